The van der Waals surface area contributed by atoms with E-state index in [4.69, 9.17) is 0 Å². The lowest BCUT2D eigenvalue weighted by molar-refractivity contribution is -0.119. The van der Waals surface area contributed by atoms with E-state index in [-0.39, 0.29) is 5.91 Å². The molecule has 0 fully saturated rings. The Kier molecular flexibility index (Phi) is 1.88. The molecule has 0 saturated heterocycles. The van der Waals surface area contributed by atoms with Crippen LogP contribution < -0.4 is 5.32 Å². The van der Waals surface area contributed by atoms with E-state index in [1.807, 2.05) is 6.08 Å². The van der Waals surface area contributed by atoms with Gasteiger partial charge in [0, 0.05) is 13.0 Å². The van der Waals surface area contributed by atoms with Gasteiger partial charge in [0.2, 0.25) is 5.91 Å². The lowest BCUT2D eigenvalue weighted by atomic mass is 10.2. The summed E-state index contributed by atoms with van der Waals surface area (Å²) in [6.07, 6.45) is 6.31. The minimum absolute atomic E-state index is 0.0616. The van der Waals surface area contributed by atoms with E-state index in [2.05, 4.69) is 11.4 Å². The standard InChI is InChI=1S/C7H11NO/c1-6(9)8-7-4-2-3-5-7/h2,4,7H,3,5H2,1H3,(H,8,9). The van der Waals surface area contributed by atoms with E-state index in [1.54, 1.807) is 6.92 Å². The highest BCUT2D eigenvalue weighted by molar-refractivity contribution is 5.73. The lowest BCUT2D eigenvalue weighted by Gasteiger charge is -2.06. The first-order chi connectivity index (χ1) is 4.29. The molecule has 1 amide bonds. The molecule has 1 rings (SSSR count). The summed E-state index contributed by atoms with van der Waals surface area (Å²) in [7, 11) is 0. The average molecular weight is 125 g/mol. The third kappa shape index (κ3) is 1.88. The Hall–Kier alpha value is -0.790. The van der Waals surface area contributed by atoms with Crippen molar-refractivity contribution in [2.24, 2.45) is 0 Å². The van der Waals surface area contributed by atoms with Crippen molar-refractivity contribution in [3.63, 3.8) is 0 Å². The zero-order valence-electron chi connectivity index (χ0n) is 5.55. The number of carbonyl (C=O) groups excluding carboxylic acids is 1. The van der Waals surface area contributed by atoms with Crippen LogP contribution in [0.1, 0.15) is 19.8 Å². The van der Waals surface area contributed by atoms with Gasteiger partial charge in [0.1, 0.15) is 0 Å². The summed E-state index contributed by atoms with van der Waals surface area (Å²) < 4.78 is 0. The molecule has 50 valence electrons. The monoisotopic (exact) mass is 125 g/mol. The summed E-state index contributed by atoms with van der Waals surface area (Å²) in [5.41, 5.74) is 0. The number of hydrogen-bond acceptors (Lipinski definition) is 1. The molecule has 9 heavy (non-hydrogen) atoms. The number of rotatable bonds is 1. The molecule has 2 heteroatoms. The summed E-state index contributed by atoms with van der Waals surface area (Å²) in [5.74, 6) is 0.0616. The van der Waals surface area contributed by atoms with Gasteiger partial charge in [-0.1, -0.05) is 12.2 Å². The predicted molar refractivity (Wildman–Crippen MR) is 36.0 cm³/mol. The second kappa shape index (κ2) is 2.67. The molecule has 0 saturated carbocycles. The smallest absolute Gasteiger partial charge is 0.217 e. The molecule has 1 N–H and O–H groups in total. The van der Waals surface area contributed by atoms with Crippen LogP contribution in [0.4, 0.5) is 0 Å². The zero-order valence-corrected chi connectivity index (χ0v) is 5.55. The minimum atomic E-state index is 0.0616. The second-order valence-corrected chi connectivity index (χ2v) is 2.31. The molecule has 1 unspecified atom stereocenters. The van der Waals surface area contributed by atoms with Crippen molar-refractivity contribution < 1.29 is 4.79 Å². The zero-order chi connectivity index (χ0) is 6.69. The fourth-order valence-electron chi connectivity index (χ4n) is 1.01. The van der Waals surface area contributed by atoms with E-state index in [0.29, 0.717) is 6.04 Å². The van der Waals surface area contributed by atoms with E-state index >= 15 is 0 Å². The van der Waals surface area contributed by atoms with Crippen LogP contribution >= 0.6 is 0 Å². The molecule has 0 aromatic rings. The van der Waals surface area contributed by atoms with Crippen molar-refractivity contribution >= 4 is 5.91 Å². The molecule has 0 aromatic carbocycles. The van der Waals surface area contributed by atoms with Crippen LogP contribution in [0.15, 0.2) is 12.2 Å². The molecular weight excluding hydrogens is 114 g/mol. The van der Waals surface area contributed by atoms with Gasteiger partial charge in [0.05, 0.1) is 0 Å². The van der Waals surface area contributed by atoms with Gasteiger partial charge < -0.3 is 5.32 Å². The molecule has 1 aliphatic carbocycles. The Morgan fingerprint density at radius 2 is 2.56 bits per heavy atom. The van der Waals surface area contributed by atoms with E-state index in [9.17, 15) is 4.79 Å². The Bertz CT molecular complexity index is 140. The number of amides is 1. The molecule has 2 nitrogen and oxygen atoms in total. The maximum atomic E-state index is 10.5. The first kappa shape index (κ1) is 6.33. The maximum absolute atomic E-state index is 10.5. The van der Waals surface area contributed by atoms with Crippen molar-refractivity contribution in [3.8, 4) is 0 Å². The van der Waals surface area contributed by atoms with Gasteiger partial charge >= 0.3 is 0 Å². The van der Waals surface area contributed by atoms with Crippen molar-refractivity contribution in [2.75, 3.05) is 0 Å². The molecule has 1 aliphatic rings. The van der Waals surface area contributed by atoms with Crippen LogP contribution in [0.2, 0.25) is 0 Å². The second-order valence-electron chi connectivity index (χ2n) is 2.31. The van der Waals surface area contributed by atoms with Crippen molar-refractivity contribution in [3.05, 3.63) is 12.2 Å². The van der Waals surface area contributed by atoms with Crippen LogP contribution in [-0.2, 0) is 4.79 Å². The van der Waals surface area contributed by atoms with Gasteiger partial charge in [0.15, 0.2) is 0 Å². The number of nitrogens with one attached hydrogen (secondary N) is 1. The van der Waals surface area contributed by atoms with Gasteiger partial charge in [0.25, 0.3) is 0 Å². The summed E-state index contributed by atoms with van der Waals surface area (Å²) in [4.78, 5) is 10.5. The molecule has 0 bridgehead atoms. The topological polar surface area (TPSA) is 29.1 Å². The molecule has 0 spiro atoms. The fourth-order valence-corrected chi connectivity index (χ4v) is 1.01. The van der Waals surface area contributed by atoms with Gasteiger partial charge in [-0.15, -0.1) is 0 Å². The average Bonchev–Trinajstić information content (AvgIpc) is 2.15. The van der Waals surface area contributed by atoms with Gasteiger partial charge in [-0.2, -0.15) is 0 Å². The predicted octanol–water partition coefficient (Wildman–Crippen LogP) is 0.841. The normalized spacial score (nSPS) is 24.3. The van der Waals surface area contributed by atoms with Crippen LogP contribution in [0, 0.1) is 0 Å². The first-order valence-electron chi connectivity index (χ1n) is 3.23. The Morgan fingerprint density at radius 3 is 3.00 bits per heavy atom. The molecule has 0 aliphatic heterocycles. The number of allylic oxidation sites excluding steroid dienone is 1. The SMILES string of the molecule is CC(=O)NC1C=CCC1. The largest absolute Gasteiger partial charge is 0.350 e. The summed E-state index contributed by atoms with van der Waals surface area (Å²) >= 11 is 0. The third-order valence-corrected chi connectivity index (χ3v) is 1.40. The maximum Gasteiger partial charge on any atom is 0.217 e. The Balaban J connectivity index is 2.28. The highest BCUT2D eigenvalue weighted by atomic mass is 16.1. The van der Waals surface area contributed by atoms with Crippen molar-refractivity contribution in [1.29, 1.82) is 0 Å². The van der Waals surface area contributed by atoms with Crippen molar-refractivity contribution in [2.45, 2.75) is 25.8 Å². The molecule has 0 heterocycles. The van der Waals surface area contributed by atoms with Gasteiger partial charge in [-0.25, -0.2) is 0 Å². The van der Waals surface area contributed by atoms with Gasteiger partial charge in [-0.3, -0.25) is 4.79 Å². The quantitative estimate of drug-likeness (QED) is 0.517. The highest BCUT2D eigenvalue weighted by Gasteiger charge is 2.08. The van der Waals surface area contributed by atoms with Crippen LogP contribution in [0.5, 0.6) is 0 Å². The minimum Gasteiger partial charge on any atom is -0.350 e. The van der Waals surface area contributed by atoms with Crippen LogP contribution in [-0.4, -0.2) is 11.9 Å². The summed E-state index contributed by atoms with van der Waals surface area (Å²) in [5, 5.41) is 2.82. The first-order valence-corrected chi connectivity index (χ1v) is 3.23. The van der Waals surface area contributed by atoms with Crippen LogP contribution in [0.25, 0.3) is 0 Å². The van der Waals surface area contributed by atoms with E-state index in [0.717, 1.165) is 12.8 Å². The highest BCUT2D eigenvalue weighted by Crippen LogP contribution is 2.07. The van der Waals surface area contributed by atoms with Crippen LogP contribution in [0.3, 0.4) is 0 Å². The Morgan fingerprint density at radius 1 is 1.78 bits per heavy atom. The number of hydrogen-bond donors (Lipinski definition) is 1. The number of carbonyl (C=O) groups is 1. The third-order valence-electron chi connectivity index (χ3n) is 1.40. The molecule has 1 atom stereocenters. The van der Waals surface area contributed by atoms with Gasteiger partial charge in [-0.05, 0) is 12.8 Å². The fraction of sp³-hybridized carbons (Fsp3) is 0.571. The Labute approximate surface area is 54.9 Å². The van der Waals surface area contributed by atoms with E-state index < -0.39 is 0 Å². The lowest BCUT2D eigenvalue weighted by Crippen LogP contribution is -2.29. The summed E-state index contributed by atoms with van der Waals surface area (Å²) in [6, 6.07) is 0.308. The van der Waals surface area contributed by atoms with E-state index in [1.165, 1.54) is 0 Å². The molecule has 0 aromatic heterocycles. The molecular formula is C7H11NO. The summed E-state index contributed by atoms with van der Waals surface area (Å²) in [6.45, 7) is 1.55. The molecule has 0 radical (unpaired) electrons. The van der Waals surface area contributed by atoms with Crippen molar-refractivity contribution in [1.82, 2.24) is 5.32 Å².